The average Bonchev–Trinajstić information content (AvgIpc) is 3.46. The summed E-state index contributed by atoms with van der Waals surface area (Å²) in [4.78, 5) is 24.8. The first-order chi connectivity index (χ1) is 14.0. The quantitative estimate of drug-likeness (QED) is 0.590. The van der Waals surface area contributed by atoms with Crippen LogP contribution < -0.4 is 0 Å². The van der Waals surface area contributed by atoms with E-state index in [1.165, 1.54) is 17.3 Å². The highest BCUT2D eigenvalue weighted by Crippen LogP contribution is 2.33. The van der Waals surface area contributed by atoms with E-state index in [2.05, 4.69) is 10.3 Å². The Balaban J connectivity index is 1.52. The second-order valence-corrected chi connectivity index (χ2v) is 6.87. The van der Waals surface area contributed by atoms with Gasteiger partial charge in [-0.1, -0.05) is 28.9 Å². The smallest absolute Gasteiger partial charge is 0.377 e. The molecule has 3 heterocycles. The predicted molar refractivity (Wildman–Crippen MR) is 102 cm³/mol. The molecule has 0 fully saturated rings. The third kappa shape index (κ3) is 4.07. The van der Waals surface area contributed by atoms with Gasteiger partial charge in [-0.05, 0) is 36.8 Å². The highest BCUT2D eigenvalue weighted by atomic mass is 35.5. The van der Waals surface area contributed by atoms with E-state index in [1.807, 2.05) is 12.1 Å². The second-order valence-electron chi connectivity index (χ2n) is 6.44. The molecule has 9 heteroatoms. The molecule has 0 aliphatic carbocycles. The Morgan fingerprint density at radius 2 is 2.07 bits per heavy atom. The van der Waals surface area contributed by atoms with Crippen LogP contribution in [0.4, 0.5) is 0 Å². The van der Waals surface area contributed by atoms with Gasteiger partial charge in [-0.15, -0.1) is 0 Å². The van der Waals surface area contributed by atoms with Crippen molar-refractivity contribution in [3.8, 4) is 0 Å². The van der Waals surface area contributed by atoms with Gasteiger partial charge in [0.2, 0.25) is 5.76 Å². The molecule has 3 aromatic rings. The summed E-state index contributed by atoms with van der Waals surface area (Å²) in [7, 11) is 0. The minimum Gasteiger partial charge on any atom is -0.467 e. The van der Waals surface area contributed by atoms with Crippen molar-refractivity contribution in [1.29, 1.82) is 0 Å². The van der Waals surface area contributed by atoms with E-state index in [9.17, 15) is 9.59 Å². The maximum absolute atomic E-state index is 12.8. The number of amides is 1. The minimum absolute atomic E-state index is 0.0651. The lowest BCUT2D eigenvalue weighted by Gasteiger charge is -2.19. The summed E-state index contributed by atoms with van der Waals surface area (Å²) in [6, 6.07) is 11.7. The number of nitrogens with zero attached hydrogens (tertiary/aromatic N) is 3. The lowest BCUT2D eigenvalue weighted by atomic mass is 10.0. The van der Waals surface area contributed by atoms with Crippen molar-refractivity contribution in [2.45, 2.75) is 19.4 Å². The molecule has 0 spiro atoms. The van der Waals surface area contributed by atoms with Crippen LogP contribution in [0.5, 0.6) is 0 Å². The van der Waals surface area contributed by atoms with Gasteiger partial charge in [0.15, 0.2) is 6.61 Å². The van der Waals surface area contributed by atoms with Crippen LogP contribution in [0.15, 0.2) is 62.8 Å². The fourth-order valence-corrected chi connectivity index (χ4v) is 3.11. The number of halogens is 1. The number of esters is 1. The summed E-state index contributed by atoms with van der Waals surface area (Å²) < 4.78 is 15.4. The number of hydrogen-bond acceptors (Lipinski definition) is 7. The molecule has 1 unspecified atom stereocenters. The van der Waals surface area contributed by atoms with E-state index in [1.54, 1.807) is 31.2 Å². The maximum atomic E-state index is 12.8. The van der Waals surface area contributed by atoms with Gasteiger partial charge in [-0.3, -0.25) is 4.79 Å². The highest BCUT2D eigenvalue weighted by Gasteiger charge is 2.35. The molecule has 1 aliphatic heterocycles. The number of carbonyl (C=O) groups is 2. The number of furan rings is 1. The number of carbonyl (C=O) groups excluding carboxylic acids is 2. The van der Waals surface area contributed by atoms with Gasteiger partial charge in [-0.2, -0.15) is 5.10 Å². The van der Waals surface area contributed by atoms with Gasteiger partial charge in [0.05, 0.1) is 17.7 Å². The molecule has 148 valence electrons. The molecule has 4 rings (SSSR count). The average molecular weight is 414 g/mol. The zero-order valence-electron chi connectivity index (χ0n) is 15.4. The van der Waals surface area contributed by atoms with Crippen LogP contribution >= 0.6 is 11.6 Å². The summed E-state index contributed by atoms with van der Waals surface area (Å²) in [6.45, 7) is 1.18. The fourth-order valence-electron chi connectivity index (χ4n) is 2.98. The van der Waals surface area contributed by atoms with Crippen LogP contribution in [0, 0.1) is 6.92 Å². The van der Waals surface area contributed by atoms with E-state index in [-0.39, 0.29) is 5.76 Å². The second kappa shape index (κ2) is 7.92. The summed E-state index contributed by atoms with van der Waals surface area (Å²) in [5.74, 6) is -0.734. The number of hydrogen-bond donors (Lipinski definition) is 0. The van der Waals surface area contributed by atoms with Crippen molar-refractivity contribution < 1.29 is 23.3 Å². The molecule has 0 saturated carbocycles. The Bertz CT molecular complexity index is 1060. The van der Waals surface area contributed by atoms with Crippen molar-refractivity contribution in [2.24, 2.45) is 5.10 Å². The monoisotopic (exact) mass is 413 g/mol. The number of benzene rings is 1. The molecule has 1 aromatic carbocycles. The first-order valence-electron chi connectivity index (χ1n) is 8.80. The Labute approximate surface area is 170 Å². The lowest BCUT2D eigenvalue weighted by molar-refractivity contribution is -0.136. The Morgan fingerprint density at radius 3 is 2.72 bits per heavy atom. The number of aryl methyl sites for hydroxylation is 1. The molecule has 1 atom stereocenters. The SMILES string of the molecule is Cc1cc(C(=O)OCC(=O)N2N=C(c3ccc(Cl)cc3)CC2c2ccco2)on1. The lowest BCUT2D eigenvalue weighted by Crippen LogP contribution is -2.31. The van der Waals surface area contributed by atoms with Gasteiger partial charge < -0.3 is 13.7 Å². The first-order valence-corrected chi connectivity index (χ1v) is 9.18. The van der Waals surface area contributed by atoms with Gasteiger partial charge >= 0.3 is 5.97 Å². The Kier molecular flexibility index (Phi) is 5.18. The van der Waals surface area contributed by atoms with Crippen molar-refractivity contribution in [3.05, 3.63) is 76.5 Å². The van der Waals surface area contributed by atoms with E-state index >= 15 is 0 Å². The molecule has 0 bridgehead atoms. The first kappa shape index (κ1) is 18.9. The van der Waals surface area contributed by atoms with Gasteiger partial charge in [0.1, 0.15) is 11.8 Å². The number of rotatable bonds is 5. The van der Waals surface area contributed by atoms with Crippen LogP contribution in [0.25, 0.3) is 0 Å². The normalized spacial score (nSPS) is 16.0. The van der Waals surface area contributed by atoms with Crippen molar-refractivity contribution in [3.63, 3.8) is 0 Å². The summed E-state index contributed by atoms with van der Waals surface area (Å²) in [6.07, 6.45) is 1.99. The van der Waals surface area contributed by atoms with Crippen molar-refractivity contribution in [2.75, 3.05) is 6.61 Å². The van der Waals surface area contributed by atoms with Crippen LogP contribution in [-0.2, 0) is 9.53 Å². The largest absolute Gasteiger partial charge is 0.467 e. The number of ether oxygens (including phenoxy) is 1. The van der Waals surface area contributed by atoms with Crippen LogP contribution in [0.2, 0.25) is 5.02 Å². The van der Waals surface area contributed by atoms with E-state index in [4.69, 9.17) is 25.3 Å². The third-order valence-electron chi connectivity index (χ3n) is 4.37. The highest BCUT2D eigenvalue weighted by molar-refractivity contribution is 6.30. The van der Waals surface area contributed by atoms with Crippen LogP contribution in [0.1, 0.15) is 40.0 Å². The molecule has 8 nitrogen and oxygen atoms in total. The van der Waals surface area contributed by atoms with Crippen molar-refractivity contribution in [1.82, 2.24) is 10.2 Å². The molecule has 1 aliphatic rings. The van der Waals surface area contributed by atoms with Gasteiger partial charge in [0.25, 0.3) is 5.91 Å². The molecular weight excluding hydrogens is 398 g/mol. The molecule has 29 heavy (non-hydrogen) atoms. The Hall–Kier alpha value is -3.39. The third-order valence-corrected chi connectivity index (χ3v) is 4.62. The van der Waals surface area contributed by atoms with E-state index in [0.717, 1.165) is 5.56 Å². The molecule has 0 radical (unpaired) electrons. The topological polar surface area (TPSA) is 98.1 Å². The van der Waals surface area contributed by atoms with Crippen LogP contribution in [0.3, 0.4) is 0 Å². The predicted octanol–water partition coefficient (Wildman–Crippen LogP) is 3.76. The van der Waals surface area contributed by atoms with Gasteiger partial charge in [0, 0.05) is 17.5 Å². The number of hydrazone groups is 1. The minimum atomic E-state index is -0.769. The summed E-state index contributed by atoms with van der Waals surface area (Å²) in [5.41, 5.74) is 2.09. The molecule has 2 aromatic heterocycles. The van der Waals surface area contributed by atoms with Crippen molar-refractivity contribution >= 4 is 29.2 Å². The molecular formula is C20H16ClN3O5. The summed E-state index contributed by atoms with van der Waals surface area (Å²) in [5, 5.41) is 9.96. The fraction of sp³-hybridized carbons (Fsp3) is 0.200. The molecule has 0 N–H and O–H groups in total. The van der Waals surface area contributed by atoms with Crippen LogP contribution in [-0.4, -0.2) is 34.4 Å². The standard InChI is InChI=1S/C20H16ClN3O5/c1-12-9-18(29-23-12)20(26)28-11-19(25)24-16(17-3-2-8-27-17)10-15(22-24)13-4-6-14(21)7-5-13/h2-9,16H,10-11H2,1H3. The maximum Gasteiger partial charge on any atom is 0.377 e. The summed E-state index contributed by atoms with van der Waals surface area (Å²) >= 11 is 5.95. The Morgan fingerprint density at radius 1 is 1.28 bits per heavy atom. The molecule has 1 amide bonds. The van der Waals surface area contributed by atoms with E-state index in [0.29, 0.717) is 28.6 Å². The molecule has 0 saturated heterocycles. The van der Waals surface area contributed by atoms with E-state index < -0.39 is 24.5 Å². The zero-order chi connectivity index (χ0) is 20.4. The number of aromatic nitrogens is 1. The zero-order valence-corrected chi connectivity index (χ0v) is 16.1. The van der Waals surface area contributed by atoms with Gasteiger partial charge in [-0.25, -0.2) is 9.80 Å².